The SMILES string of the molecule is CCC(C)(C)NCc1ccc(C(=O)Nc2sc3c(Cl)c(O)c(Cl)cc3c2C(N)=O)cc1. The van der Waals surface area contributed by atoms with Gasteiger partial charge >= 0.3 is 0 Å². The van der Waals surface area contributed by atoms with E-state index in [0.717, 1.165) is 23.3 Å². The summed E-state index contributed by atoms with van der Waals surface area (Å²) in [6, 6.07) is 8.60. The van der Waals surface area contributed by atoms with Gasteiger partial charge in [0, 0.05) is 23.0 Å². The zero-order valence-corrected chi connectivity index (χ0v) is 19.6. The van der Waals surface area contributed by atoms with Gasteiger partial charge in [-0.3, -0.25) is 9.59 Å². The molecule has 164 valence electrons. The van der Waals surface area contributed by atoms with Crippen LogP contribution in [0.25, 0.3) is 10.1 Å². The molecule has 0 spiro atoms. The number of thiophene rings is 1. The summed E-state index contributed by atoms with van der Waals surface area (Å²) in [5.41, 5.74) is 7.14. The van der Waals surface area contributed by atoms with Gasteiger partial charge in [-0.2, -0.15) is 0 Å². The van der Waals surface area contributed by atoms with E-state index in [1.807, 2.05) is 12.1 Å². The molecule has 0 aliphatic rings. The van der Waals surface area contributed by atoms with E-state index in [1.54, 1.807) is 12.1 Å². The highest BCUT2D eigenvalue weighted by atomic mass is 35.5. The molecule has 0 saturated carbocycles. The minimum absolute atomic E-state index is 0.00218. The van der Waals surface area contributed by atoms with Crippen molar-refractivity contribution in [2.24, 2.45) is 5.73 Å². The summed E-state index contributed by atoms with van der Waals surface area (Å²) in [5, 5.41) is 16.8. The summed E-state index contributed by atoms with van der Waals surface area (Å²) >= 11 is 13.2. The highest BCUT2D eigenvalue weighted by Gasteiger charge is 2.23. The van der Waals surface area contributed by atoms with Crippen molar-refractivity contribution >= 4 is 61.4 Å². The first kappa shape index (κ1) is 23.3. The first-order valence-corrected chi connectivity index (χ1v) is 11.2. The predicted molar refractivity (Wildman–Crippen MR) is 128 cm³/mol. The number of aromatic hydroxyl groups is 1. The summed E-state index contributed by atoms with van der Waals surface area (Å²) in [4.78, 5) is 24.8. The molecular weight excluding hydrogens is 457 g/mol. The molecule has 0 radical (unpaired) electrons. The van der Waals surface area contributed by atoms with E-state index in [1.165, 1.54) is 6.07 Å². The molecule has 5 N–H and O–H groups in total. The average molecular weight is 480 g/mol. The van der Waals surface area contributed by atoms with Gasteiger partial charge in [-0.05, 0) is 44.0 Å². The van der Waals surface area contributed by atoms with E-state index >= 15 is 0 Å². The number of hydrogen-bond acceptors (Lipinski definition) is 5. The zero-order chi connectivity index (χ0) is 22.9. The smallest absolute Gasteiger partial charge is 0.256 e. The molecule has 1 heterocycles. The second-order valence-corrected chi connectivity index (χ2v) is 9.62. The van der Waals surface area contributed by atoms with Crippen LogP contribution in [0.3, 0.4) is 0 Å². The number of primary amides is 1. The standard InChI is InChI=1S/C22H23Cl2N3O3S/c1-4-22(2,3)26-10-11-5-7-12(8-6-11)20(30)27-21-15(19(25)29)13-9-14(23)17(28)16(24)18(13)31-21/h5-9,26,28H,4,10H2,1-3H3,(H2,25,29)(H,27,30). The number of rotatable bonds is 7. The molecule has 1 aromatic heterocycles. The van der Waals surface area contributed by atoms with Gasteiger partial charge in [-0.15, -0.1) is 11.3 Å². The lowest BCUT2D eigenvalue weighted by atomic mass is 10.0. The van der Waals surface area contributed by atoms with Gasteiger partial charge in [0.2, 0.25) is 0 Å². The lowest BCUT2D eigenvalue weighted by Crippen LogP contribution is -2.37. The van der Waals surface area contributed by atoms with Gasteiger partial charge in [0.05, 0.1) is 15.3 Å². The van der Waals surface area contributed by atoms with Gasteiger partial charge in [-0.1, -0.05) is 42.3 Å². The number of carbonyl (C=O) groups excluding carboxylic acids is 2. The Kier molecular flexibility index (Phi) is 6.81. The van der Waals surface area contributed by atoms with Crippen molar-refractivity contribution in [1.29, 1.82) is 0 Å². The third-order valence-corrected chi connectivity index (χ3v) is 7.10. The van der Waals surface area contributed by atoms with Crippen LogP contribution in [0.1, 0.15) is 53.5 Å². The number of fused-ring (bicyclic) bond motifs is 1. The number of nitrogens with two attached hydrogens (primary N) is 1. The molecule has 0 fully saturated rings. The fraction of sp³-hybridized carbons (Fsp3) is 0.273. The number of halogens is 2. The quantitative estimate of drug-likeness (QED) is 0.356. The van der Waals surface area contributed by atoms with Gasteiger partial charge in [-0.25, -0.2) is 0 Å². The fourth-order valence-electron chi connectivity index (χ4n) is 2.90. The van der Waals surface area contributed by atoms with Crippen LogP contribution in [-0.4, -0.2) is 22.5 Å². The molecule has 2 amide bonds. The monoisotopic (exact) mass is 479 g/mol. The molecule has 2 aromatic carbocycles. The highest BCUT2D eigenvalue weighted by Crippen LogP contribution is 2.46. The molecule has 31 heavy (non-hydrogen) atoms. The van der Waals surface area contributed by atoms with E-state index < -0.39 is 11.8 Å². The van der Waals surface area contributed by atoms with Crippen LogP contribution in [-0.2, 0) is 6.54 Å². The third-order valence-electron chi connectivity index (χ3n) is 5.19. The maximum atomic E-state index is 12.8. The number of amides is 2. The summed E-state index contributed by atoms with van der Waals surface area (Å²) in [5.74, 6) is -1.42. The number of benzene rings is 2. The zero-order valence-electron chi connectivity index (χ0n) is 17.3. The summed E-state index contributed by atoms with van der Waals surface area (Å²) in [6.45, 7) is 7.08. The Morgan fingerprint density at radius 1 is 1.19 bits per heavy atom. The number of nitrogens with one attached hydrogen (secondary N) is 2. The summed E-state index contributed by atoms with van der Waals surface area (Å²) in [7, 11) is 0. The van der Waals surface area contributed by atoms with Gasteiger partial charge in [0.15, 0.2) is 5.75 Å². The lowest BCUT2D eigenvalue weighted by molar-refractivity contribution is 0.100. The second-order valence-electron chi connectivity index (χ2n) is 7.81. The Morgan fingerprint density at radius 2 is 1.84 bits per heavy atom. The van der Waals surface area contributed by atoms with Crippen molar-refractivity contribution in [3.63, 3.8) is 0 Å². The van der Waals surface area contributed by atoms with Gasteiger partial charge in [0.25, 0.3) is 11.8 Å². The van der Waals surface area contributed by atoms with Gasteiger partial charge < -0.3 is 21.5 Å². The van der Waals surface area contributed by atoms with Gasteiger partial charge in [0.1, 0.15) is 10.0 Å². The van der Waals surface area contributed by atoms with E-state index in [9.17, 15) is 14.7 Å². The Morgan fingerprint density at radius 3 is 2.42 bits per heavy atom. The van der Waals surface area contributed by atoms with Crippen molar-refractivity contribution in [3.05, 3.63) is 57.1 Å². The molecule has 0 atom stereocenters. The van der Waals surface area contributed by atoms with E-state index in [0.29, 0.717) is 22.2 Å². The molecular formula is C22H23Cl2N3O3S. The van der Waals surface area contributed by atoms with Crippen LogP contribution in [0.15, 0.2) is 30.3 Å². The van der Waals surface area contributed by atoms with Crippen LogP contribution in [0, 0.1) is 0 Å². The predicted octanol–water partition coefficient (Wildman–Crippen LogP) is 5.54. The molecule has 3 aromatic rings. The Hall–Kier alpha value is -2.32. The molecule has 3 rings (SSSR count). The Bertz CT molecular complexity index is 1160. The molecule has 0 bridgehead atoms. The van der Waals surface area contributed by atoms with Crippen molar-refractivity contribution in [2.75, 3.05) is 5.32 Å². The normalized spacial score (nSPS) is 11.6. The van der Waals surface area contributed by atoms with Crippen LogP contribution in [0.2, 0.25) is 10.0 Å². The summed E-state index contributed by atoms with van der Waals surface area (Å²) in [6.07, 6.45) is 0.998. The summed E-state index contributed by atoms with van der Waals surface area (Å²) < 4.78 is 0.410. The number of phenols is 1. The minimum Gasteiger partial charge on any atom is -0.505 e. The second kappa shape index (κ2) is 9.04. The third kappa shape index (κ3) is 4.96. The minimum atomic E-state index is -0.737. The number of hydrogen-bond donors (Lipinski definition) is 4. The largest absolute Gasteiger partial charge is 0.505 e. The van der Waals surface area contributed by atoms with Crippen LogP contribution in [0.5, 0.6) is 5.75 Å². The topological polar surface area (TPSA) is 104 Å². The fourth-order valence-corrected chi connectivity index (χ4v) is 4.59. The van der Waals surface area contributed by atoms with Crippen molar-refractivity contribution < 1.29 is 14.7 Å². The lowest BCUT2D eigenvalue weighted by Gasteiger charge is -2.24. The van der Waals surface area contributed by atoms with E-state index in [4.69, 9.17) is 28.9 Å². The number of carbonyl (C=O) groups is 2. The first-order valence-electron chi connectivity index (χ1n) is 9.62. The molecule has 0 unspecified atom stereocenters. The van der Waals surface area contributed by atoms with E-state index in [-0.39, 0.29) is 31.9 Å². The maximum Gasteiger partial charge on any atom is 0.256 e. The number of anilines is 1. The first-order chi connectivity index (χ1) is 14.5. The van der Waals surface area contributed by atoms with E-state index in [2.05, 4.69) is 31.4 Å². The van der Waals surface area contributed by atoms with Crippen molar-refractivity contribution in [2.45, 2.75) is 39.3 Å². The van der Waals surface area contributed by atoms with Crippen LogP contribution < -0.4 is 16.4 Å². The Balaban J connectivity index is 1.85. The van der Waals surface area contributed by atoms with Crippen LogP contribution in [0.4, 0.5) is 5.00 Å². The molecule has 0 aliphatic heterocycles. The highest BCUT2D eigenvalue weighted by molar-refractivity contribution is 7.24. The molecule has 9 heteroatoms. The average Bonchev–Trinajstić information content (AvgIpc) is 3.09. The van der Waals surface area contributed by atoms with Crippen molar-refractivity contribution in [3.8, 4) is 5.75 Å². The maximum absolute atomic E-state index is 12.8. The molecule has 0 saturated heterocycles. The molecule has 6 nitrogen and oxygen atoms in total. The van der Waals surface area contributed by atoms with Crippen LogP contribution >= 0.6 is 34.5 Å². The van der Waals surface area contributed by atoms with Crippen molar-refractivity contribution in [1.82, 2.24) is 5.32 Å². The molecule has 0 aliphatic carbocycles. The number of phenolic OH excluding ortho intramolecular Hbond substituents is 1. The Labute approximate surface area is 194 Å².